The lowest BCUT2D eigenvalue weighted by Gasteiger charge is -2.09. The number of benzene rings is 3. The predicted octanol–water partition coefficient (Wildman–Crippen LogP) is 5.69. The average molecular weight is 449 g/mol. The molecule has 0 aliphatic heterocycles. The summed E-state index contributed by atoms with van der Waals surface area (Å²) in [6, 6.07) is 20.6. The number of nitrogens with zero attached hydrogens (tertiary/aromatic N) is 1. The number of thiazole rings is 1. The van der Waals surface area contributed by atoms with Crippen molar-refractivity contribution in [1.82, 2.24) is 4.98 Å². The fraction of sp³-hybridized carbons (Fsp3) is 0.125. The number of aryl methyl sites for hydroxylation is 1. The second kappa shape index (κ2) is 9.76. The summed E-state index contributed by atoms with van der Waals surface area (Å²) in [7, 11) is 0. The minimum Gasteiger partial charge on any atom is -0.452 e. The van der Waals surface area contributed by atoms with Crippen molar-refractivity contribution in [2.24, 2.45) is 0 Å². The first-order valence-electron chi connectivity index (χ1n) is 9.67. The van der Waals surface area contributed by atoms with Crippen molar-refractivity contribution in [2.75, 3.05) is 11.9 Å². The second-order valence-corrected chi connectivity index (χ2v) is 8.93. The highest BCUT2D eigenvalue weighted by Gasteiger charge is 2.12. The molecule has 0 aliphatic carbocycles. The molecule has 0 bridgehead atoms. The van der Waals surface area contributed by atoms with Crippen molar-refractivity contribution in [3.63, 3.8) is 0 Å². The Balaban J connectivity index is 1.29. The van der Waals surface area contributed by atoms with Gasteiger partial charge in [0.05, 0.1) is 16.3 Å². The van der Waals surface area contributed by atoms with Gasteiger partial charge in [-0.25, -0.2) is 9.78 Å². The van der Waals surface area contributed by atoms with Crippen molar-refractivity contribution in [3.8, 4) is 0 Å². The van der Waals surface area contributed by atoms with E-state index in [0.717, 1.165) is 32.1 Å². The predicted molar refractivity (Wildman–Crippen MR) is 126 cm³/mol. The Bertz CT molecular complexity index is 1210. The average Bonchev–Trinajstić information content (AvgIpc) is 3.22. The highest BCUT2D eigenvalue weighted by molar-refractivity contribution is 7.98. The molecule has 0 atom stereocenters. The van der Waals surface area contributed by atoms with Crippen LogP contribution in [0.25, 0.3) is 10.8 Å². The van der Waals surface area contributed by atoms with Gasteiger partial charge in [0.15, 0.2) is 6.61 Å². The van der Waals surface area contributed by atoms with E-state index in [0.29, 0.717) is 11.3 Å². The normalized spacial score (nSPS) is 10.7. The highest BCUT2D eigenvalue weighted by atomic mass is 32.2. The first-order chi connectivity index (χ1) is 15.1. The topological polar surface area (TPSA) is 68.3 Å². The van der Waals surface area contributed by atoms with Crippen LogP contribution in [0.1, 0.15) is 21.1 Å². The van der Waals surface area contributed by atoms with Gasteiger partial charge in [0.25, 0.3) is 5.91 Å². The van der Waals surface area contributed by atoms with Crippen molar-refractivity contribution < 1.29 is 14.3 Å². The zero-order valence-corrected chi connectivity index (χ0v) is 18.5. The van der Waals surface area contributed by atoms with E-state index in [1.54, 1.807) is 35.2 Å². The third kappa shape index (κ3) is 5.51. The number of thioether (sulfide) groups is 1. The fourth-order valence-electron chi connectivity index (χ4n) is 3.05. The number of fused-ring (bicyclic) bond motifs is 1. The van der Waals surface area contributed by atoms with Gasteiger partial charge in [0.1, 0.15) is 0 Å². The number of hydrogen-bond acceptors (Lipinski definition) is 6. The minimum absolute atomic E-state index is 0.346. The van der Waals surface area contributed by atoms with Gasteiger partial charge in [-0.05, 0) is 42.6 Å². The summed E-state index contributed by atoms with van der Waals surface area (Å²) >= 11 is 3.29. The number of ether oxygens (including phenoxy) is 1. The molecular weight excluding hydrogens is 428 g/mol. The molecule has 0 fully saturated rings. The number of anilines is 1. The van der Waals surface area contributed by atoms with E-state index in [1.807, 2.05) is 61.5 Å². The van der Waals surface area contributed by atoms with E-state index in [4.69, 9.17) is 4.74 Å². The summed E-state index contributed by atoms with van der Waals surface area (Å²) in [4.78, 5) is 30.0. The van der Waals surface area contributed by atoms with Gasteiger partial charge in [0, 0.05) is 27.1 Å². The molecule has 3 aromatic carbocycles. The van der Waals surface area contributed by atoms with E-state index < -0.39 is 5.97 Å². The Morgan fingerprint density at radius 1 is 1.03 bits per heavy atom. The smallest absolute Gasteiger partial charge is 0.338 e. The summed E-state index contributed by atoms with van der Waals surface area (Å²) in [5.74, 6) is -0.127. The summed E-state index contributed by atoms with van der Waals surface area (Å²) in [5.41, 5.74) is 2.15. The number of rotatable bonds is 7. The van der Waals surface area contributed by atoms with Gasteiger partial charge >= 0.3 is 5.97 Å². The van der Waals surface area contributed by atoms with Crippen LogP contribution in [-0.4, -0.2) is 23.5 Å². The fourth-order valence-corrected chi connectivity index (χ4v) is 4.56. The molecule has 1 amide bonds. The number of esters is 1. The summed E-state index contributed by atoms with van der Waals surface area (Å²) in [5, 5.41) is 7.88. The number of hydrogen-bond donors (Lipinski definition) is 1. The van der Waals surface area contributed by atoms with E-state index in [-0.39, 0.29) is 12.5 Å². The Kier molecular flexibility index (Phi) is 6.64. The van der Waals surface area contributed by atoms with Gasteiger partial charge in [-0.1, -0.05) is 36.4 Å². The van der Waals surface area contributed by atoms with Gasteiger partial charge in [-0.2, -0.15) is 0 Å². The highest BCUT2D eigenvalue weighted by Crippen LogP contribution is 2.24. The third-order valence-electron chi connectivity index (χ3n) is 4.54. The van der Waals surface area contributed by atoms with Crippen LogP contribution in [0.4, 0.5) is 5.69 Å². The van der Waals surface area contributed by atoms with E-state index >= 15 is 0 Å². The Morgan fingerprint density at radius 3 is 2.58 bits per heavy atom. The number of amides is 1. The SMILES string of the molecule is Cc1nc(CSc2ccc(C(=O)OCC(=O)Nc3cccc4ccccc34)cc2)cs1. The maximum atomic E-state index is 12.3. The molecule has 1 N–H and O–H groups in total. The maximum Gasteiger partial charge on any atom is 0.338 e. The lowest BCUT2D eigenvalue weighted by Crippen LogP contribution is -2.21. The summed E-state index contributed by atoms with van der Waals surface area (Å²) in [6.07, 6.45) is 0. The molecule has 0 unspecified atom stereocenters. The molecule has 0 radical (unpaired) electrons. The first-order valence-corrected chi connectivity index (χ1v) is 11.5. The van der Waals surface area contributed by atoms with E-state index in [9.17, 15) is 9.59 Å². The number of carbonyl (C=O) groups is 2. The number of aromatic nitrogens is 1. The monoisotopic (exact) mass is 448 g/mol. The molecule has 0 aliphatic rings. The molecule has 0 saturated carbocycles. The van der Waals surface area contributed by atoms with Crippen molar-refractivity contribution >= 4 is 51.4 Å². The molecule has 0 spiro atoms. The van der Waals surface area contributed by atoms with Crippen LogP contribution in [0.3, 0.4) is 0 Å². The molecule has 1 aromatic heterocycles. The van der Waals surface area contributed by atoms with E-state index in [1.165, 1.54) is 0 Å². The Morgan fingerprint density at radius 2 is 1.81 bits per heavy atom. The van der Waals surface area contributed by atoms with Crippen LogP contribution in [-0.2, 0) is 15.3 Å². The molecule has 7 heteroatoms. The van der Waals surface area contributed by atoms with Crippen LogP contribution < -0.4 is 5.32 Å². The number of nitrogens with one attached hydrogen (secondary N) is 1. The standard InChI is InChI=1S/C24H20N2O3S2/c1-16-25-19(14-30-16)15-31-20-11-9-18(10-12-20)24(28)29-13-23(27)26-22-8-4-6-17-5-2-3-7-21(17)22/h2-12,14H,13,15H2,1H3,(H,26,27). The Hall–Kier alpha value is -3.16. The molecule has 156 valence electrons. The molecule has 0 saturated heterocycles. The largest absolute Gasteiger partial charge is 0.452 e. The third-order valence-corrected chi connectivity index (χ3v) is 6.41. The van der Waals surface area contributed by atoms with E-state index in [2.05, 4.69) is 15.7 Å². The maximum absolute atomic E-state index is 12.3. The first kappa shape index (κ1) is 21.1. The molecular formula is C24H20N2O3S2. The van der Waals surface area contributed by atoms with Crippen molar-refractivity contribution in [1.29, 1.82) is 0 Å². The summed E-state index contributed by atoms with van der Waals surface area (Å²) in [6.45, 7) is 1.64. The minimum atomic E-state index is -0.528. The summed E-state index contributed by atoms with van der Waals surface area (Å²) < 4.78 is 5.18. The number of carbonyl (C=O) groups excluding carboxylic acids is 2. The van der Waals surface area contributed by atoms with Crippen LogP contribution in [0.15, 0.2) is 77.0 Å². The molecule has 5 nitrogen and oxygen atoms in total. The van der Waals surface area contributed by atoms with Gasteiger partial charge in [0.2, 0.25) is 0 Å². The molecule has 4 aromatic rings. The molecule has 1 heterocycles. The van der Waals surface area contributed by atoms with Gasteiger partial charge < -0.3 is 10.1 Å². The quantitative estimate of drug-likeness (QED) is 0.290. The molecule has 4 rings (SSSR count). The van der Waals surface area contributed by atoms with Crippen LogP contribution >= 0.6 is 23.1 Å². The Labute approximate surface area is 188 Å². The van der Waals surface area contributed by atoms with Gasteiger partial charge in [-0.15, -0.1) is 23.1 Å². The van der Waals surface area contributed by atoms with Crippen molar-refractivity contribution in [3.05, 3.63) is 88.4 Å². The zero-order chi connectivity index (χ0) is 21.6. The molecule has 31 heavy (non-hydrogen) atoms. The van der Waals surface area contributed by atoms with Crippen LogP contribution in [0.2, 0.25) is 0 Å². The van der Waals surface area contributed by atoms with Crippen LogP contribution in [0.5, 0.6) is 0 Å². The zero-order valence-electron chi connectivity index (χ0n) is 16.8. The lowest BCUT2D eigenvalue weighted by molar-refractivity contribution is -0.119. The van der Waals surface area contributed by atoms with Gasteiger partial charge in [-0.3, -0.25) is 4.79 Å². The van der Waals surface area contributed by atoms with Crippen molar-refractivity contribution in [2.45, 2.75) is 17.6 Å². The van der Waals surface area contributed by atoms with Crippen LogP contribution in [0, 0.1) is 6.92 Å². The lowest BCUT2D eigenvalue weighted by atomic mass is 10.1. The second-order valence-electron chi connectivity index (χ2n) is 6.82.